The quantitative estimate of drug-likeness (QED) is 0.525. The van der Waals surface area contributed by atoms with Crippen LogP contribution >= 0.6 is 0 Å². The van der Waals surface area contributed by atoms with Gasteiger partial charge in [-0.05, 0) is 18.2 Å². The minimum Gasteiger partial charge on any atom is -0.465 e. The number of benzene rings is 2. The van der Waals surface area contributed by atoms with Crippen LogP contribution in [0, 0.1) is 11.6 Å². The lowest BCUT2D eigenvalue weighted by Gasteiger charge is -2.28. The Morgan fingerprint density at radius 1 is 1.17 bits per heavy atom. The molecule has 29 heavy (non-hydrogen) atoms. The van der Waals surface area contributed by atoms with Gasteiger partial charge in [-0.3, -0.25) is 4.98 Å². The number of carbonyl (C=O) groups excluding carboxylic acids is 1. The minimum atomic E-state index is -0.947. The van der Waals surface area contributed by atoms with Crippen molar-refractivity contribution < 1.29 is 18.3 Å². The van der Waals surface area contributed by atoms with Crippen molar-refractivity contribution in [2.75, 3.05) is 18.6 Å². The predicted octanol–water partition coefficient (Wildman–Crippen LogP) is 3.74. The van der Waals surface area contributed by atoms with E-state index >= 15 is 0 Å². The molecule has 1 aliphatic heterocycles. The Hall–Kier alpha value is -3.55. The number of halogens is 2. The van der Waals surface area contributed by atoms with Gasteiger partial charge in [0.15, 0.2) is 11.6 Å². The minimum absolute atomic E-state index is 0.305. The fraction of sp³-hybridized carbons (Fsp3) is 0.190. The van der Waals surface area contributed by atoms with Crippen molar-refractivity contribution in [3.05, 3.63) is 65.0 Å². The topological polar surface area (TPSA) is 71.1 Å². The van der Waals surface area contributed by atoms with Crippen molar-refractivity contribution in [2.45, 2.75) is 13.0 Å². The lowest BCUT2D eigenvalue weighted by atomic mass is 10.0. The highest BCUT2D eigenvalue weighted by Crippen LogP contribution is 2.31. The molecule has 0 spiro atoms. The molecule has 2 aromatic carbocycles. The second-order valence-corrected chi connectivity index (χ2v) is 6.99. The molecule has 0 fully saturated rings. The van der Waals surface area contributed by atoms with E-state index in [0.29, 0.717) is 35.5 Å². The van der Waals surface area contributed by atoms with Crippen LogP contribution in [0.15, 0.2) is 36.5 Å². The van der Waals surface area contributed by atoms with E-state index in [0.717, 1.165) is 40.7 Å². The first kappa shape index (κ1) is 17.5. The maximum absolute atomic E-state index is 13.6. The smallest absolute Gasteiger partial charge is 0.337 e. The van der Waals surface area contributed by atoms with E-state index < -0.39 is 11.6 Å². The molecule has 146 valence electrons. The summed E-state index contributed by atoms with van der Waals surface area (Å²) in [7, 11) is 1.36. The molecule has 0 saturated heterocycles. The lowest BCUT2D eigenvalue weighted by molar-refractivity contribution is 0.0601. The Bertz CT molecular complexity index is 1280. The summed E-state index contributed by atoms with van der Waals surface area (Å²) in [5.41, 5.74) is 4.23. The maximum atomic E-state index is 13.6. The van der Waals surface area contributed by atoms with Crippen molar-refractivity contribution in [1.29, 1.82) is 0 Å². The zero-order chi connectivity index (χ0) is 20.1. The number of aromatic amines is 1. The molecular formula is C21H16F2N4O2. The molecule has 0 radical (unpaired) electrons. The summed E-state index contributed by atoms with van der Waals surface area (Å²) >= 11 is 0. The number of hydrogen-bond donors (Lipinski definition) is 1. The third-order valence-corrected chi connectivity index (χ3v) is 5.29. The van der Waals surface area contributed by atoms with Crippen LogP contribution in [-0.4, -0.2) is 34.6 Å². The Kier molecular flexibility index (Phi) is 3.94. The van der Waals surface area contributed by atoms with E-state index in [2.05, 4.69) is 15.0 Å². The van der Waals surface area contributed by atoms with Crippen LogP contribution in [0.3, 0.4) is 0 Å². The molecule has 3 heterocycles. The second kappa shape index (κ2) is 6.51. The van der Waals surface area contributed by atoms with Gasteiger partial charge in [0.2, 0.25) is 0 Å². The standard InChI is InChI=1S/C21H16F2N4O2/c1-29-21(28)11-2-3-16-12(6-11)13-10-27(5-4-17(13)25-16)20-9-24-18-7-14(22)15(23)8-19(18)26-20/h2-3,6-9,25H,4-5,10H2,1H3. The number of nitrogens with zero attached hydrogens (tertiary/aromatic N) is 3. The van der Waals surface area contributed by atoms with Crippen LogP contribution < -0.4 is 4.90 Å². The molecule has 8 heteroatoms. The Morgan fingerprint density at radius 2 is 1.97 bits per heavy atom. The molecule has 0 atom stereocenters. The van der Waals surface area contributed by atoms with Crippen LogP contribution in [-0.2, 0) is 17.7 Å². The first-order valence-electron chi connectivity index (χ1n) is 9.12. The van der Waals surface area contributed by atoms with E-state index in [1.807, 2.05) is 17.0 Å². The molecule has 0 amide bonds. The third-order valence-electron chi connectivity index (χ3n) is 5.29. The van der Waals surface area contributed by atoms with Crippen LogP contribution in [0.25, 0.3) is 21.9 Å². The van der Waals surface area contributed by atoms with E-state index in [9.17, 15) is 13.6 Å². The highest BCUT2D eigenvalue weighted by Gasteiger charge is 2.23. The van der Waals surface area contributed by atoms with E-state index in [4.69, 9.17) is 4.74 Å². The SMILES string of the molecule is COC(=O)c1ccc2[nH]c3c(c2c1)CN(c1cnc2cc(F)c(F)cc2n1)CC3. The molecule has 2 aromatic heterocycles. The second-order valence-electron chi connectivity index (χ2n) is 6.99. The molecular weight excluding hydrogens is 378 g/mol. The first-order chi connectivity index (χ1) is 14.0. The number of ether oxygens (including phenoxy) is 1. The number of hydrogen-bond acceptors (Lipinski definition) is 5. The molecule has 0 bridgehead atoms. The summed E-state index contributed by atoms with van der Waals surface area (Å²) in [6, 6.07) is 7.53. The van der Waals surface area contributed by atoms with Gasteiger partial charge in [-0.1, -0.05) is 0 Å². The number of esters is 1. The fourth-order valence-corrected chi connectivity index (χ4v) is 3.81. The number of anilines is 1. The van der Waals surface area contributed by atoms with Gasteiger partial charge in [0.1, 0.15) is 5.82 Å². The molecule has 5 rings (SSSR count). The predicted molar refractivity (Wildman–Crippen MR) is 104 cm³/mol. The highest BCUT2D eigenvalue weighted by molar-refractivity contribution is 5.96. The van der Waals surface area contributed by atoms with Gasteiger partial charge in [-0.2, -0.15) is 0 Å². The van der Waals surface area contributed by atoms with Gasteiger partial charge >= 0.3 is 5.97 Å². The van der Waals surface area contributed by atoms with Gasteiger partial charge in [-0.25, -0.2) is 18.6 Å². The monoisotopic (exact) mass is 394 g/mol. The van der Waals surface area contributed by atoms with Gasteiger partial charge in [0.25, 0.3) is 0 Å². The number of rotatable bonds is 2. The van der Waals surface area contributed by atoms with Crippen molar-refractivity contribution in [3.8, 4) is 0 Å². The average molecular weight is 394 g/mol. The first-order valence-corrected chi connectivity index (χ1v) is 9.12. The summed E-state index contributed by atoms with van der Waals surface area (Å²) in [5, 5.41) is 0.953. The van der Waals surface area contributed by atoms with Crippen molar-refractivity contribution in [2.24, 2.45) is 0 Å². The lowest BCUT2D eigenvalue weighted by Crippen LogP contribution is -2.30. The Labute approximate surface area is 164 Å². The number of carbonyl (C=O) groups is 1. The molecule has 6 nitrogen and oxygen atoms in total. The van der Waals surface area contributed by atoms with Crippen molar-refractivity contribution in [1.82, 2.24) is 15.0 Å². The number of fused-ring (bicyclic) bond motifs is 4. The van der Waals surface area contributed by atoms with Gasteiger partial charge in [0.05, 0.1) is 29.9 Å². The Morgan fingerprint density at radius 3 is 2.76 bits per heavy atom. The Balaban J connectivity index is 1.53. The van der Waals surface area contributed by atoms with Gasteiger partial charge in [0, 0.05) is 53.8 Å². The third kappa shape index (κ3) is 2.88. The number of aromatic nitrogens is 3. The van der Waals surface area contributed by atoms with E-state index in [1.165, 1.54) is 7.11 Å². The summed E-state index contributed by atoms with van der Waals surface area (Å²) in [5.74, 6) is -1.68. The largest absolute Gasteiger partial charge is 0.465 e. The zero-order valence-electron chi connectivity index (χ0n) is 15.5. The molecule has 0 unspecified atom stereocenters. The maximum Gasteiger partial charge on any atom is 0.337 e. The number of methoxy groups -OCH3 is 1. The summed E-state index contributed by atoms with van der Waals surface area (Å²) in [6.45, 7) is 1.26. The zero-order valence-corrected chi connectivity index (χ0v) is 15.5. The normalized spacial score (nSPS) is 13.7. The van der Waals surface area contributed by atoms with Gasteiger partial charge < -0.3 is 14.6 Å². The van der Waals surface area contributed by atoms with Crippen LogP contribution in [0.2, 0.25) is 0 Å². The molecule has 1 aliphatic rings. The van der Waals surface area contributed by atoms with E-state index in [-0.39, 0.29) is 5.97 Å². The summed E-state index contributed by atoms with van der Waals surface area (Å²) < 4.78 is 31.8. The molecule has 0 saturated carbocycles. The molecule has 0 aliphatic carbocycles. The summed E-state index contributed by atoms with van der Waals surface area (Å²) in [4.78, 5) is 26.0. The highest BCUT2D eigenvalue weighted by atomic mass is 19.2. The van der Waals surface area contributed by atoms with E-state index in [1.54, 1.807) is 12.3 Å². The number of H-pyrrole nitrogens is 1. The van der Waals surface area contributed by atoms with Crippen molar-refractivity contribution in [3.63, 3.8) is 0 Å². The molecule has 4 aromatic rings. The van der Waals surface area contributed by atoms with Crippen molar-refractivity contribution >= 4 is 33.7 Å². The molecule has 1 N–H and O–H groups in total. The summed E-state index contributed by atoms with van der Waals surface area (Å²) in [6.07, 6.45) is 2.33. The fourth-order valence-electron chi connectivity index (χ4n) is 3.81. The number of nitrogens with one attached hydrogen (secondary N) is 1. The van der Waals surface area contributed by atoms with Crippen LogP contribution in [0.4, 0.5) is 14.6 Å². The average Bonchev–Trinajstić information content (AvgIpc) is 3.10. The van der Waals surface area contributed by atoms with Gasteiger partial charge in [-0.15, -0.1) is 0 Å². The van der Waals surface area contributed by atoms with Crippen LogP contribution in [0.5, 0.6) is 0 Å². The van der Waals surface area contributed by atoms with Crippen LogP contribution in [0.1, 0.15) is 21.6 Å².